The van der Waals surface area contributed by atoms with Gasteiger partial charge in [-0.3, -0.25) is 9.67 Å². The number of para-hydroxylation sites is 1. The highest BCUT2D eigenvalue weighted by Gasteiger charge is 2.14. The van der Waals surface area contributed by atoms with Crippen molar-refractivity contribution in [3.8, 4) is 28.1 Å². The Bertz CT molecular complexity index is 1330. The second kappa shape index (κ2) is 7.97. The fourth-order valence-electron chi connectivity index (χ4n) is 3.56. The van der Waals surface area contributed by atoms with Crippen molar-refractivity contribution >= 4 is 17.2 Å². The van der Waals surface area contributed by atoms with Gasteiger partial charge in [0.2, 0.25) is 0 Å². The third-order valence-electron chi connectivity index (χ3n) is 4.98. The Morgan fingerprint density at radius 3 is 2.07 bits per heavy atom. The first kappa shape index (κ1) is 18.3. The Labute approximate surface area is 178 Å². The number of benzene rings is 3. The summed E-state index contributed by atoms with van der Waals surface area (Å²) in [6.07, 6.45) is 0. The van der Waals surface area contributed by atoms with Crippen LogP contribution in [0, 0.1) is 6.92 Å². The van der Waals surface area contributed by atoms with Crippen LogP contribution in [-0.4, -0.2) is 14.8 Å². The molecular weight excluding hydrogens is 388 g/mol. The number of aromatic amines is 1. The molecule has 5 aromatic rings. The summed E-state index contributed by atoms with van der Waals surface area (Å²) >= 11 is 1.62. The molecule has 0 amide bonds. The summed E-state index contributed by atoms with van der Waals surface area (Å²) in [5, 5.41) is 9.77. The maximum absolute atomic E-state index is 5.00. The van der Waals surface area contributed by atoms with Crippen molar-refractivity contribution in [3.05, 3.63) is 107 Å². The first-order valence-corrected chi connectivity index (χ1v) is 10.7. The molecule has 2 heterocycles. The van der Waals surface area contributed by atoms with E-state index in [0.717, 1.165) is 38.6 Å². The molecule has 0 fully saturated rings. The Hall–Kier alpha value is -3.70. The van der Waals surface area contributed by atoms with Gasteiger partial charge in [-0.05, 0) is 30.2 Å². The Balaban J connectivity index is 1.74. The van der Waals surface area contributed by atoms with Crippen LogP contribution in [0.25, 0.3) is 28.1 Å². The predicted molar refractivity (Wildman–Crippen MR) is 123 cm³/mol. The molecular formula is C25H20N4S. The van der Waals surface area contributed by atoms with Crippen LogP contribution in [0.15, 0.2) is 101 Å². The van der Waals surface area contributed by atoms with Crippen LogP contribution >= 0.6 is 11.3 Å². The third kappa shape index (κ3) is 3.40. The first-order chi connectivity index (χ1) is 14.8. The molecule has 0 saturated carbocycles. The molecule has 4 nitrogen and oxygen atoms in total. The Kier molecular flexibility index (Phi) is 4.87. The van der Waals surface area contributed by atoms with Crippen LogP contribution in [0.1, 0.15) is 5.69 Å². The van der Waals surface area contributed by atoms with Crippen LogP contribution in [0.4, 0.5) is 5.82 Å². The van der Waals surface area contributed by atoms with Crippen molar-refractivity contribution in [3.63, 3.8) is 0 Å². The summed E-state index contributed by atoms with van der Waals surface area (Å²) in [7, 11) is 0. The summed E-state index contributed by atoms with van der Waals surface area (Å²) in [4.78, 5) is 5.88. The van der Waals surface area contributed by atoms with E-state index in [1.165, 1.54) is 0 Å². The summed E-state index contributed by atoms with van der Waals surface area (Å²) in [6, 6.07) is 31.0. The average molecular weight is 409 g/mol. The van der Waals surface area contributed by atoms with E-state index in [1.54, 1.807) is 11.3 Å². The summed E-state index contributed by atoms with van der Waals surface area (Å²) in [6.45, 7) is 2.03. The number of aromatic nitrogens is 3. The summed E-state index contributed by atoms with van der Waals surface area (Å²) in [5.74, 6) is 0.699. The molecule has 146 valence electrons. The maximum Gasteiger partial charge on any atom is 0.196 e. The van der Waals surface area contributed by atoms with Gasteiger partial charge in [0.15, 0.2) is 10.6 Å². The number of hydrogen-bond donors (Lipinski definition) is 1. The zero-order valence-electron chi connectivity index (χ0n) is 16.5. The molecule has 0 aliphatic heterocycles. The van der Waals surface area contributed by atoms with Gasteiger partial charge < -0.3 is 0 Å². The van der Waals surface area contributed by atoms with Gasteiger partial charge in [0.05, 0.1) is 5.69 Å². The van der Waals surface area contributed by atoms with E-state index < -0.39 is 0 Å². The lowest BCUT2D eigenvalue weighted by molar-refractivity contribution is 0.989. The number of nitrogens with one attached hydrogen (secondary N) is 1. The van der Waals surface area contributed by atoms with Gasteiger partial charge in [-0.15, -0.1) is 11.3 Å². The van der Waals surface area contributed by atoms with E-state index >= 15 is 0 Å². The van der Waals surface area contributed by atoms with E-state index in [2.05, 4.69) is 68.7 Å². The highest BCUT2D eigenvalue weighted by atomic mass is 32.1. The fraction of sp³-hybridized carbons (Fsp3) is 0.0400. The van der Waals surface area contributed by atoms with Crippen LogP contribution in [0.3, 0.4) is 0 Å². The molecule has 5 heteroatoms. The highest BCUT2D eigenvalue weighted by molar-refractivity contribution is 7.07. The van der Waals surface area contributed by atoms with E-state index in [-0.39, 0.29) is 0 Å². The number of rotatable bonds is 4. The molecule has 0 aliphatic carbocycles. The van der Waals surface area contributed by atoms with Crippen LogP contribution in [0.2, 0.25) is 0 Å². The minimum Gasteiger partial charge on any atom is -0.285 e. The number of hydrogen-bond acceptors (Lipinski definition) is 3. The van der Waals surface area contributed by atoms with Crippen molar-refractivity contribution in [1.29, 1.82) is 0 Å². The lowest BCUT2D eigenvalue weighted by Gasteiger charge is -2.09. The predicted octanol–water partition coefficient (Wildman–Crippen LogP) is 6.14. The van der Waals surface area contributed by atoms with Crippen LogP contribution in [0.5, 0.6) is 0 Å². The van der Waals surface area contributed by atoms with E-state index in [4.69, 9.17) is 4.99 Å². The molecule has 0 saturated heterocycles. The molecule has 5 rings (SSSR count). The summed E-state index contributed by atoms with van der Waals surface area (Å²) < 4.78 is 2.19. The van der Waals surface area contributed by atoms with Gasteiger partial charge in [0.1, 0.15) is 0 Å². The quantitative estimate of drug-likeness (QED) is 0.382. The van der Waals surface area contributed by atoms with Crippen LogP contribution in [-0.2, 0) is 0 Å². The van der Waals surface area contributed by atoms with Crippen LogP contribution < -0.4 is 4.80 Å². The van der Waals surface area contributed by atoms with Crippen molar-refractivity contribution in [1.82, 2.24) is 14.8 Å². The van der Waals surface area contributed by atoms with E-state index in [0.29, 0.717) is 5.82 Å². The highest BCUT2D eigenvalue weighted by Crippen LogP contribution is 2.31. The van der Waals surface area contributed by atoms with Crippen molar-refractivity contribution in [2.45, 2.75) is 6.92 Å². The third-order valence-corrected chi connectivity index (χ3v) is 5.81. The van der Waals surface area contributed by atoms with Crippen molar-refractivity contribution in [2.24, 2.45) is 4.99 Å². The molecule has 0 aliphatic rings. The smallest absolute Gasteiger partial charge is 0.196 e. The number of thiazole rings is 1. The van der Waals surface area contributed by atoms with Crippen molar-refractivity contribution in [2.75, 3.05) is 0 Å². The van der Waals surface area contributed by atoms with E-state index in [1.807, 2.05) is 49.4 Å². The van der Waals surface area contributed by atoms with Gasteiger partial charge in [0.25, 0.3) is 0 Å². The topological polar surface area (TPSA) is 46.0 Å². The minimum atomic E-state index is 0.699. The largest absolute Gasteiger partial charge is 0.285 e. The normalized spacial score (nSPS) is 11.7. The first-order valence-electron chi connectivity index (χ1n) is 9.78. The van der Waals surface area contributed by atoms with Gasteiger partial charge in [0, 0.05) is 22.3 Å². The molecule has 0 spiro atoms. The van der Waals surface area contributed by atoms with E-state index in [9.17, 15) is 0 Å². The van der Waals surface area contributed by atoms with Crippen molar-refractivity contribution < 1.29 is 0 Å². The number of aryl methyl sites for hydroxylation is 1. The second-order valence-corrected chi connectivity index (χ2v) is 7.80. The lowest BCUT2D eigenvalue weighted by Crippen LogP contribution is -2.13. The Morgan fingerprint density at radius 2 is 1.40 bits per heavy atom. The molecule has 30 heavy (non-hydrogen) atoms. The van der Waals surface area contributed by atoms with Gasteiger partial charge in [-0.2, -0.15) is 10.1 Å². The minimum absolute atomic E-state index is 0.699. The lowest BCUT2D eigenvalue weighted by atomic mass is 10.1. The molecule has 0 unspecified atom stereocenters. The monoisotopic (exact) mass is 408 g/mol. The van der Waals surface area contributed by atoms with Gasteiger partial charge >= 0.3 is 0 Å². The molecule has 0 bridgehead atoms. The molecule has 0 atom stereocenters. The second-order valence-electron chi connectivity index (χ2n) is 6.97. The molecule has 3 aromatic carbocycles. The number of nitrogens with zero attached hydrogens (tertiary/aromatic N) is 3. The number of H-pyrrole nitrogens is 1. The molecule has 1 N–H and O–H groups in total. The zero-order chi connectivity index (χ0) is 20.3. The Morgan fingerprint density at radius 1 is 0.800 bits per heavy atom. The fourth-order valence-corrected chi connectivity index (χ4v) is 4.47. The SMILES string of the molecule is Cc1[nH]nc(N=c2scc(-c3ccccc3)n2-c2ccccc2)c1-c1ccccc1. The standard InChI is InChI=1S/C25H20N4S/c1-18-23(20-13-7-3-8-14-20)24(28-27-18)26-25-29(21-15-9-4-10-16-21)22(17-30-25)19-11-5-2-6-12-19/h2-17H,1H3,(H,27,28). The maximum atomic E-state index is 5.00. The summed E-state index contributed by atoms with van der Waals surface area (Å²) in [5.41, 5.74) is 6.48. The van der Waals surface area contributed by atoms with Gasteiger partial charge in [-0.1, -0.05) is 78.9 Å². The van der Waals surface area contributed by atoms with Gasteiger partial charge in [-0.25, -0.2) is 0 Å². The molecule has 0 radical (unpaired) electrons. The average Bonchev–Trinajstić information content (AvgIpc) is 3.39. The zero-order valence-corrected chi connectivity index (χ0v) is 17.3. The molecule has 2 aromatic heterocycles.